The lowest BCUT2D eigenvalue weighted by Gasteiger charge is -2.23. The zero-order valence-corrected chi connectivity index (χ0v) is 18.6. The van der Waals surface area contributed by atoms with E-state index in [2.05, 4.69) is 59.5 Å². The van der Waals surface area contributed by atoms with E-state index in [1.165, 1.54) is 5.56 Å². The predicted octanol–water partition coefficient (Wildman–Crippen LogP) is 3.66. The lowest BCUT2D eigenvalue weighted by Crippen LogP contribution is -2.45. The molecule has 0 radical (unpaired) electrons. The van der Waals surface area contributed by atoms with Crippen LogP contribution in [0.5, 0.6) is 5.75 Å². The molecule has 0 saturated carbocycles. The largest absolute Gasteiger partial charge is 0.495 e. The van der Waals surface area contributed by atoms with Gasteiger partial charge in [-0.2, -0.15) is 0 Å². The van der Waals surface area contributed by atoms with E-state index >= 15 is 0 Å². The molecule has 3 rings (SSSR count). The Morgan fingerprint density at radius 1 is 1.27 bits per heavy atom. The summed E-state index contributed by atoms with van der Waals surface area (Å²) in [7, 11) is 1.73. The Morgan fingerprint density at radius 2 is 2.10 bits per heavy atom. The van der Waals surface area contributed by atoms with Crippen molar-refractivity contribution in [1.29, 1.82) is 0 Å². The molecule has 0 aliphatic carbocycles. The molecule has 1 aliphatic rings. The highest BCUT2D eigenvalue weighted by Gasteiger charge is 2.25. The van der Waals surface area contributed by atoms with Gasteiger partial charge in [-0.1, -0.05) is 32.0 Å². The lowest BCUT2D eigenvalue weighted by atomic mass is 9.89. The summed E-state index contributed by atoms with van der Waals surface area (Å²) < 4.78 is 5.54. The molecule has 1 aliphatic heterocycles. The second kappa shape index (κ2) is 10.9. The van der Waals surface area contributed by atoms with Crippen LogP contribution in [0.2, 0.25) is 0 Å². The van der Waals surface area contributed by atoms with Crippen LogP contribution in [-0.4, -0.2) is 50.3 Å². The fourth-order valence-corrected chi connectivity index (χ4v) is 3.99. The second-order valence-corrected chi connectivity index (χ2v) is 8.10. The zero-order valence-electron chi connectivity index (χ0n) is 18.6. The Labute approximate surface area is 180 Å². The summed E-state index contributed by atoms with van der Waals surface area (Å²) in [6.45, 7) is 10.1. The molecule has 6 nitrogen and oxygen atoms in total. The Bertz CT molecular complexity index is 808. The first kappa shape index (κ1) is 21.9. The van der Waals surface area contributed by atoms with Crippen molar-refractivity contribution in [3.05, 3.63) is 54.4 Å². The van der Waals surface area contributed by atoms with Gasteiger partial charge in [0.2, 0.25) is 0 Å². The van der Waals surface area contributed by atoms with Crippen molar-refractivity contribution in [3.63, 3.8) is 0 Å². The standard InChI is InChI=1S/C24H35N5O/c1-5-26-24(27-16-21(18(2)3)19-9-8-13-25-15-19)28-20-12-14-29(17-20)22-10-6-7-11-23(22)30-4/h6-11,13,15,18,20-21H,5,12,14,16-17H2,1-4H3,(H2,26,27,28). The maximum absolute atomic E-state index is 5.54. The van der Waals surface area contributed by atoms with Crippen LogP contribution in [0.25, 0.3) is 0 Å². The summed E-state index contributed by atoms with van der Waals surface area (Å²) in [6, 6.07) is 12.7. The zero-order chi connectivity index (χ0) is 21.3. The van der Waals surface area contributed by atoms with Crippen molar-refractivity contribution in [1.82, 2.24) is 15.6 Å². The van der Waals surface area contributed by atoms with E-state index in [-0.39, 0.29) is 0 Å². The van der Waals surface area contributed by atoms with E-state index in [4.69, 9.17) is 9.73 Å². The fraction of sp³-hybridized carbons (Fsp3) is 0.500. The van der Waals surface area contributed by atoms with Crippen LogP contribution >= 0.6 is 0 Å². The third kappa shape index (κ3) is 5.65. The van der Waals surface area contributed by atoms with Crippen molar-refractivity contribution in [2.75, 3.05) is 38.2 Å². The third-order valence-corrected chi connectivity index (χ3v) is 5.66. The van der Waals surface area contributed by atoms with Crippen LogP contribution in [0.1, 0.15) is 38.7 Å². The first-order chi connectivity index (χ1) is 14.6. The molecule has 2 aromatic rings. The Morgan fingerprint density at radius 3 is 2.80 bits per heavy atom. The Hall–Kier alpha value is -2.76. The number of benzene rings is 1. The number of aliphatic imine (C=N–C) groups is 1. The van der Waals surface area contributed by atoms with Gasteiger partial charge < -0.3 is 20.3 Å². The van der Waals surface area contributed by atoms with Gasteiger partial charge in [-0.3, -0.25) is 9.98 Å². The second-order valence-electron chi connectivity index (χ2n) is 8.10. The molecule has 2 atom stereocenters. The number of nitrogens with one attached hydrogen (secondary N) is 2. The van der Waals surface area contributed by atoms with Crippen LogP contribution in [0.4, 0.5) is 5.69 Å². The van der Waals surface area contributed by atoms with Crippen molar-refractivity contribution in [2.45, 2.75) is 39.2 Å². The Balaban J connectivity index is 1.65. The highest BCUT2D eigenvalue weighted by Crippen LogP contribution is 2.30. The van der Waals surface area contributed by atoms with Crippen molar-refractivity contribution < 1.29 is 4.74 Å². The van der Waals surface area contributed by atoms with E-state index in [1.807, 2.05) is 30.6 Å². The number of ether oxygens (including phenoxy) is 1. The normalized spacial score (nSPS) is 17.8. The minimum Gasteiger partial charge on any atom is -0.495 e. The molecule has 1 saturated heterocycles. The maximum Gasteiger partial charge on any atom is 0.191 e. The quantitative estimate of drug-likeness (QED) is 0.515. The predicted molar refractivity (Wildman–Crippen MR) is 125 cm³/mol. The molecule has 162 valence electrons. The van der Waals surface area contributed by atoms with Crippen LogP contribution < -0.4 is 20.3 Å². The summed E-state index contributed by atoms with van der Waals surface area (Å²) in [4.78, 5) is 11.6. The van der Waals surface area contributed by atoms with Gasteiger partial charge in [-0.15, -0.1) is 0 Å². The molecule has 6 heteroatoms. The monoisotopic (exact) mass is 409 g/mol. The average molecular weight is 410 g/mol. The highest BCUT2D eigenvalue weighted by molar-refractivity contribution is 5.80. The lowest BCUT2D eigenvalue weighted by molar-refractivity contribution is 0.415. The summed E-state index contributed by atoms with van der Waals surface area (Å²) in [5, 5.41) is 7.05. The van der Waals surface area contributed by atoms with E-state index in [1.54, 1.807) is 7.11 Å². The number of aromatic nitrogens is 1. The molecule has 2 unspecified atom stereocenters. The summed E-state index contributed by atoms with van der Waals surface area (Å²) >= 11 is 0. The minimum atomic E-state index is 0.350. The van der Waals surface area contributed by atoms with Crippen molar-refractivity contribution in [3.8, 4) is 5.75 Å². The number of para-hydroxylation sites is 2. The number of guanidine groups is 1. The molecule has 1 aromatic carbocycles. The molecule has 1 fully saturated rings. The Kier molecular flexibility index (Phi) is 7.94. The van der Waals surface area contributed by atoms with E-state index in [9.17, 15) is 0 Å². The maximum atomic E-state index is 5.54. The van der Waals surface area contributed by atoms with Crippen LogP contribution in [-0.2, 0) is 0 Å². The van der Waals surface area contributed by atoms with Crippen LogP contribution in [0, 0.1) is 5.92 Å². The van der Waals surface area contributed by atoms with Gasteiger partial charge in [0.1, 0.15) is 5.75 Å². The smallest absolute Gasteiger partial charge is 0.191 e. The number of anilines is 1. The number of methoxy groups -OCH3 is 1. The summed E-state index contributed by atoms with van der Waals surface area (Å²) in [6.07, 6.45) is 4.85. The first-order valence-electron chi connectivity index (χ1n) is 10.9. The number of hydrogen-bond donors (Lipinski definition) is 2. The molecule has 30 heavy (non-hydrogen) atoms. The SMILES string of the molecule is CCNC(=NCC(c1cccnc1)C(C)C)NC1CCN(c2ccccc2OC)C1. The number of rotatable bonds is 8. The molecular weight excluding hydrogens is 374 g/mol. The van der Waals surface area contributed by atoms with Gasteiger partial charge in [0.05, 0.1) is 12.8 Å². The van der Waals surface area contributed by atoms with Gasteiger partial charge in [0, 0.05) is 50.5 Å². The first-order valence-corrected chi connectivity index (χ1v) is 10.9. The van der Waals surface area contributed by atoms with E-state index in [0.29, 0.717) is 17.9 Å². The summed E-state index contributed by atoms with van der Waals surface area (Å²) in [5.41, 5.74) is 2.40. The van der Waals surface area contributed by atoms with Crippen LogP contribution in [0.3, 0.4) is 0 Å². The third-order valence-electron chi connectivity index (χ3n) is 5.66. The molecular formula is C24H35N5O. The van der Waals surface area contributed by atoms with Gasteiger partial charge in [0.15, 0.2) is 5.96 Å². The minimum absolute atomic E-state index is 0.350. The summed E-state index contributed by atoms with van der Waals surface area (Å²) in [5.74, 6) is 2.66. The van der Waals surface area contributed by atoms with Gasteiger partial charge in [0.25, 0.3) is 0 Å². The fourth-order valence-electron chi connectivity index (χ4n) is 3.99. The molecule has 1 aromatic heterocycles. The van der Waals surface area contributed by atoms with Gasteiger partial charge in [-0.25, -0.2) is 0 Å². The number of nitrogens with zero attached hydrogens (tertiary/aromatic N) is 3. The van der Waals surface area contributed by atoms with Crippen molar-refractivity contribution >= 4 is 11.6 Å². The molecule has 0 bridgehead atoms. The van der Waals surface area contributed by atoms with E-state index < -0.39 is 0 Å². The topological polar surface area (TPSA) is 61.8 Å². The van der Waals surface area contributed by atoms with E-state index in [0.717, 1.165) is 50.0 Å². The number of pyridine rings is 1. The molecule has 2 heterocycles. The van der Waals surface area contributed by atoms with Crippen LogP contribution in [0.15, 0.2) is 53.8 Å². The molecule has 0 amide bonds. The molecule has 0 spiro atoms. The average Bonchev–Trinajstić information content (AvgIpc) is 3.22. The number of hydrogen-bond acceptors (Lipinski definition) is 4. The van der Waals surface area contributed by atoms with Gasteiger partial charge >= 0.3 is 0 Å². The highest BCUT2D eigenvalue weighted by atomic mass is 16.5. The van der Waals surface area contributed by atoms with Crippen molar-refractivity contribution in [2.24, 2.45) is 10.9 Å². The van der Waals surface area contributed by atoms with Gasteiger partial charge in [-0.05, 0) is 43.0 Å². The molecule has 2 N–H and O–H groups in total.